The van der Waals surface area contributed by atoms with Gasteiger partial charge in [0.2, 0.25) is 0 Å². The summed E-state index contributed by atoms with van der Waals surface area (Å²) in [7, 11) is 1.28. The van der Waals surface area contributed by atoms with E-state index in [2.05, 4.69) is 0 Å². The van der Waals surface area contributed by atoms with E-state index in [0.717, 1.165) is 27.8 Å². The molecule has 0 radical (unpaired) electrons. The van der Waals surface area contributed by atoms with Crippen molar-refractivity contribution >= 4 is 12.1 Å². The largest absolute Gasteiger partial charge is 0.480 e. The van der Waals surface area contributed by atoms with Gasteiger partial charge in [-0.2, -0.15) is 0 Å². The number of fused-ring (bicyclic) bond motifs is 3. The third-order valence-corrected chi connectivity index (χ3v) is 5.36. The zero-order chi connectivity index (χ0) is 20.4. The summed E-state index contributed by atoms with van der Waals surface area (Å²) in [6, 6.07) is 23.3. The van der Waals surface area contributed by atoms with Crippen LogP contribution in [0, 0.1) is 0 Å². The van der Waals surface area contributed by atoms with Crippen molar-refractivity contribution in [3.8, 4) is 11.1 Å². The van der Waals surface area contributed by atoms with Crippen molar-refractivity contribution in [2.24, 2.45) is 0 Å². The van der Waals surface area contributed by atoms with Crippen molar-refractivity contribution in [2.75, 3.05) is 7.11 Å². The van der Waals surface area contributed by atoms with Crippen LogP contribution in [0.15, 0.2) is 78.9 Å². The molecule has 0 fully saturated rings. The predicted octanol–water partition coefficient (Wildman–Crippen LogP) is 4.52. The number of carbonyl (C=O) groups excluding carboxylic acids is 1. The lowest BCUT2D eigenvalue weighted by molar-refractivity contribution is -0.143. The highest BCUT2D eigenvalue weighted by molar-refractivity contribution is 5.85. The number of hydrogen-bond acceptors (Lipinski definition) is 3. The van der Waals surface area contributed by atoms with E-state index in [0.29, 0.717) is 0 Å². The number of ether oxygens (including phenoxy) is 1. The smallest absolute Gasteiger partial charge is 0.411 e. The normalized spacial score (nSPS) is 13.3. The summed E-state index contributed by atoms with van der Waals surface area (Å²) in [6.45, 7) is 0. The lowest BCUT2D eigenvalue weighted by atomic mass is 9.98. The second-order valence-electron chi connectivity index (χ2n) is 7.00. The molecule has 1 aliphatic rings. The average Bonchev–Trinajstić information content (AvgIpc) is 3.08. The number of benzene rings is 3. The van der Waals surface area contributed by atoms with Gasteiger partial charge in [0.1, 0.15) is 6.04 Å². The maximum atomic E-state index is 12.9. The zero-order valence-electron chi connectivity index (χ0n) is 16.0. The summed E-state index contributed by atoms with van der Waals surface area (Å²) in [4.78, 5) is 26.6. The maximum Gasteiger partial charge on any atom is 0.411 e. The van der Waals surface area contributed by atoms with Crippen LogP contribution in [0.4, 0.5) is 4.79 Å². The Morgan fingerprint density at radius 3 is 1.93 bits per heavy atom. The molecule has 5 nitrogen and oxygen atoms in total. The summed E-state index contributed by atoms with van der Waals surface area (Å²) in [5.74, 6) is -1.07. The lowest BCUT2D eigenvalue weighted by Gasteiger charge is -2.34. The Balaban J connectivity index is 1.85. The summed E-state index contributed by atoms with van der Waals surface area (Å²) in [6.07, 6.45) is -0.476. The van der Waals surface area contributed by atoms with Gasteiger partial charge in [-0.1, -0.05) is 78.9 Å². The van der Waals surface area contributed by atoms with Gasteiger partial charge in [0.25, 0.3) is 0 Å². The summed E-state index contributed by atoms with van der Waals surface area (Å²) < 4.78 is 5.05. The Morgan fingerprint density at radius 1 is 0.897 bits per heavy atom. The topological polar surface area (TPSA) is 66.8 Å². The first kappa shape index (κ1) is 18.7. The van der Waals surface area contributed by atoms with E-state index in [9.17, 15) is 14.7 Å². The highest BCUT2D eigenvalue weighted by Crippen LogP contribution is 2.47. The van der Waals surface area contributed by atoms with Crippen LogP contribution in [-0.2, 0) is 16.0 Å². The number of carbonyl (C=O) groups is 2. The van der Waals surface area contributed by atoms with Gasteiger partial charge in [-0.05, 0) is 27.8 Å². The molecule has 0 saturated heterocycles. The molecular weight excluding hydrogens is 366 g/mol. The second kappa shape index (κ2) is 7.80. The van der Waals surface area contributed by atoms with Crippen LogP contribution in [0.2, 0.25) is 0 Å². The summed E-state index contributed by atoms with van der Waals surface area (Å²) >= 11 is 0. The number of carboxylic acid groups (broad SMARTS) is 1. The van der Waals surface area contributed by atoms with Crippen LogP contribution in [0.25, 0.3) is 11.1 Å². The van der Waals surface area contributed by atoms with Gasteiger partial charge in [0, 0.05) is 6.42 Å². The fraction of sp³-hybridized carbons (Fsp3) is 0.167. The van der Waals surface area contributed by atoms with E-state index in [1.807, 2.05) is 78.9 Å². The molecule has 0 heterocycles. The van der Waals surface area contributed by atoms with E-state index in [1.54, 1.807) is 0 Å². The number of amides is 1. The maximum absolute atomic E-state index is 12.9. The predicted molar refractivity (Wildman–Crippen MR) is 110 cm³/mol. The molecule has 3 aromatic rings. The highest BCUT2D eigenvalue weighted by Gasteiger charge is 2.42. The molecule has 146 valence electrons. The third-order valence-electron chi connectivity index (χ3n) is 5.36. The summed E-state index contributed by atoms with van der Waals surface area (Å²) in [5, 5.41) is 10.1. The van der Waals surface area contributed by atoms with E-state index in [1.165, 1.54) is 12.0 Å². The minimum atomic E-state index is -1.07. The summed E-state index contributed by atoms with van der Waals surface area (Å²) in [5.41, 5.74) is 4.65. The molecule has 1 amide bonds. The number of rotatable bonds is 5. The van der Waals surface area contributed by atoms with Crippen LogP contribution < -0.4 is 0 Å². The highest BCUT2D eigenvalue weighted by atomic mass is 16.5. The molecule has 3 aromatic carbocycles. The van der Waals surface area contributed by atoms with Crippen LogP contribution in [-0.4, -0.2) is 35.2 Å². The van der Waals surface area contributed by atoms with E-state index < -0.39 is 24.1 Å². The van der Waals surface area contributed by atoms with Gasteiger partial charge >= 0.3 is 12.1 Å². The van der Waals surface area contributed by atoms with Crippen LogP contribution in [0.5, 0.6) is 0 Å². The molecule has 1 atom stereocenters. The zero-order valence-corrected chi connectivity index (χ0v) is 16.0. The molecular formula is C24H21NO4. The van der Waals surface area contributed by atoms with Crippen LogP contribution >= 0.6 is 0 Å². The van der Waals surface area contributed by atoms with Gasteiger partial charge in [0.15, 0.2) is 0 Å². The Bertz CT molecular complexity index is 1000. The molecule has 0 aliphatic heterocycles. The van der Waals surface area contributed by atoms with Gasteiger partial charge in [-0.25, -0.2) is 9.59 Å². The van der Waals surface area contributed by atoms with E-state index in [-0.39, 0.29) is 6.42 Å². The molecule has 1 aliphatic carbocycles. The van der Waals surface area contributed by atoms with Crippen molar-refractivity contribution in [3.05, 3.63) is 95.6 Å². The molecule has 5 heteroatoms. The van der Waals surface area contributed by atoms with Crippen LogP contribution in [0.1, 0.15) is 22.7 Å². The molecule has 0 unspecified atom stereocenters. The van der Waals surface area contributed by atoms with Crippen LogP contribution in [0.3, 0.4) is 0 Å². The molecule has 0 bridgehead atoms. The third kappa shape index (κ3) is 3.36. The minimum Gasteiger partial charge on any atom is -0.480 e. The van der Waals surface area contributed by atoms with Gasteiger partial charge in [-0.15, -0.1) is 0 Å². The Hall–Kier alpha value is -3.60. The van der Waals surface area contributed by atoms with Gasteiger partial charge in [0.05, 0.1) is 13.2 Å². The Labute approximate surface area is 169 Å². The first-order chi connectivity index (χ1) is 14.1. The lowest BCUT2D eigenvalue weighted by Crippen LogP contribution is -2.48. The SMILES string of the molecule is COC(=O)N(C1c2ccccc2-c2ccccc21)[C@H](Cc1ccccc1)C(=O)O. The Morgan fingerprint density at radius 2 is 1.41 bits per heavy atom. The number of methoxy groups -OCH3 is 1. The monoisotopic (exact) mass is 387 g/mol. The van der Waals surface area contributed by atoms with Crippen molar-refractivity contribution in [1.29, 1.82) is 0 Å². The first-order valence-electron chi connectivity index (χ1n) is 9.43. The molecule has 0 saturated carbocycles. The molecule has 0 aromatic heterocycles. The first-order valence-corrected chi connectivity index (χ1v) is 9.43. The van der Waals surface area contributed by atoms with Crippen molar-refractivity contribution < 1.29 is 19.4 Å². The number of nitrogens with zero attached hydrogens (tertiary/aromatic N) is 1. The number of carboxylic acids is 1. The molecule has 1 N–H and O–H groups in total. The number of hydrogen-bond donors (Lipinski definition) is 1. The Kier molecular flexibility index (Phi) is 5.04. The van der Waals surface area contributed by atoms with Gasteiger partial charge < -0.3 is 9.84 Å². The number of aliphatic carboxylic acids is 1. The van der Waals surface area contributed by atoms with E-state index in [4.69, 9.17) is 4.74 Å². The van der Waals surface area contributed by atoms with Crippen molar-refractivity contribution in [1.82, 2.24) is 4.90 Å². The molecule has 4 rings (SSSR count). The van der Waals surface area contributed by atoms with Crippen molar-refractivity contribution in [3.63, 3.8) is 0 Å². The quantitative estimate of drug-likeness (QED) is 0.699. The minimum absolute atomic E-state index is 0.187. The fourth-order valence-electron chi connectivity index (χ4n) is 4.09. The van der Waals surface area contributed by atoms with Crippen molar-refractivity contribution in [2.45, 2.75) is 18.5 Å². The van der Waals surface area contributed by atoms with E-state index >= 15 is 0 Å². The van der Waals surface area contributed by atoms with Gasteiger partial charge in [-0.3, -0.25) is 4.90 Å². The fourth-order valence-corrected chi connectivity index (χ4v) is 4.09. The molecule has 29 heavy (non-hydrogen) atoms. The average molecular weight is 387 g/mol. The second-order valence-corrected chi connectivity index (χ2v) is 7.00. The molecule has 0 spiro atoms. The standard InChI is InChI=1S/C24H21NO4/c1-29-24(28)25(21(23(26)27)15-16-9-3-2-4-10-16)22-19-13-7-5-11-17(19)18-12-6-8-14-20(18)22/h2-14,21-22H,15H2,1H3,(H,26,27)/t21-/m1/s1.